The number of rotatable bonds is 10. The number of amides is 2. The predicted octanol–water partition coefficient (Wildman–Crippen LogP) is 0.408. The summed E-state index contributed by atoms with van der Waals surface area (Å²) >= 11 is 0. The number of nitrogens with zero attached hydrogens (tertiary/aromatic N) is 1. The second-order valence-electron chi connectivity index (χ2n) is 14.2. The van der Waals surface area contributed by atoms with E-state index in [1.165, 1.54) is 48.5 Å². The molecule has 17 nitrogen and oxygen atoms in total. The molecule has 7 rings (SSSR count). The highest BCUT2D eigenvalue weighted by atomic mass is 16.7. The molecule has 0 radical (unpaired) electrons. The minimum atomic E-state index is -3.23. The van der Waals surface area contributed by atoms with Crippen LogP contribution in [-0.4, -0.2) is 134 Å². The molecule has 0 bridgehead atoms. The Morgan fingerprint density at radius 2 is 1.28 bits per heavy atom. The topological polar surface area (TPSA) is 242 Å². The second-order valence-corrected chi connectivity index (χ2v) is 14.2. The van der Waals surface area contributed by atoms with Crippen LogP contribution in [0.15, 0.2) is 84.9 Å². The molecule has 3 heterocycles. The molecule has 3 aromatic carbocycles. The largest absolute Gasteiger partial charge is 0.463 e. The number of hydrogen-bond acceptors (Lipinski definition) is 16. The fourth-order valence-electron chi connectivity index (χ4n) is 8.28. The number of ketones is 1. The number of carbonyl (C=O) groups excluding carboxylic acids is 6. The summed E-state index contributed by atoms with van der Waals surface area (Å²) in [5, 5.41) is 48.3. The zero-order chi connectivity index (χ0) is 41.0. The van der Waals surface area contributed by atoms with Crippen molar-refractivity contribution in [2.24, 2.45) is 0 Å². The lowest BCUT2D eigenvalue weighted by atomic mass is 9.54. The molecule has 3 fully saturated rings. The van der Waals surface area contributed by atoms with Gasteiger partial charge in [0.15, 0.2) is 24.8 Å². The minimum Gasteiger partial charge on any atom is -0.463 e. The van der Waals surface area contributed by atoms with E-state index >= 15 is 0 Å². The zero-order valence-electron chi connectivity index (χ0n) is 30.7. The molecule has 12 atom stereocenters. The first-order valence-electron chi connectivity index (χ1n) is 18.0. The summed E-state index contributed by atoms with van der Waals surface area (Å²) in [5.74, 6) is -7.19. The molecule has 2 unspecified atom stereocenters. The Bertz CT molecular complexity index is 2040. The fourth-order valence-corrected chi connectivity index (χ4v) is 8.28. The van der Waals surface area contributed by atoms with Crippen LogP contribution in [0, 0.1) is 0 Å². The van der Waals surface area contributed by atoms with Crippen molar-refractivity contribution in [2.45, 2.75) is 93.1 Å². The Kier molecular flexibility index (Phi) is 10.6. The summed E-state index contributed by atoms with van der Waals surface area (Å²) in [6, 6.07) is 18.9. The summed E-state index contributed by atoms with van der Waals surface area (Å²) in [4.78, 5) is 80.9. The third-order valence-electron chi connectivity index (χ3n) is 10.7. The molecule has 2 saturated heterocycles. The van der Waals surface area contributed by atoms with Gasteiger partial charge in [0.25, 0.3) is 11.8 Å². The number of fused-ring (bicyclic) bond motifs is 2. The summed E-state index contributed by atoms with van der Waals surface area (Å²) in [6.45, 7) is 2.40. The van der Waals surface area contributed by atoms with E-state index in [1.54, 1.807) is 36.4 Å². The number of aliphatic hydroxyl groups is 4. The maximum atomic E-state index is 14.5. The van der Waals surface area contributed by atoms with E-state index in [0.717, 1.165) is 20.8 Å². The quantitative estimate of drug-likeness (QED) is 0.0941. The summed E-state index contributed by atoms with van der Waals surface area (Å²) < 4.78 is 34.9. The van der Waals surface area contributed by atoms with Crippen molar-refractivity contribution < 1.29 is 77.6 Å². The first-order valence-corrected chi connectivity index (χ1v) is 18.0. The van der Waals surface area contributed by atoms with Gasteiger partial charge in [-0.05, 0) is 17.7 Å². The van der Waals surface area contributed by atoms with Crippen molar-refractivity contribution in [3.63, 3.8) is 0 Å². The highest BCUT2D eigenvalue weighted by Gasteiger charge is 2.78. The van der Waals surface area contributed by atoms with E-state index in [9.17, 15) is 49.2 Å². The van der Waals surface area contributed by atoms with E-state index in [0.29, 0.717) is 10.5 Å². The van der Waals surface area contributed by atoms with Gasteiger partial charge in [-0.25, -0.2) is 0 Å². The monoisotopic (exact) mass is 789 g/mol. The van der Waals surface area contributed by atoms with E-state index in [4.69, 9.17) is 28.4 Å². The van der Waals surface area contributed by atoms with Crippen LogP contribution in [0.2, 0.25) is 0 Å². The van der Waals surface area contributed by atoms with Crippen molar-refractivity contribution in [3.05, 3.63) is 107 Å². The number of ether oxygens (including phenoxy) is 6. The molecule has 57 heavy (non-hydrogen) atoms. The highest BCUT2D eigenvalue weighted by molar-refractivity contribution is 6.21. The highest BCUT2D eigenvalue weighted by Crippen LogP contribution is 2.57. The van der Waals surface area contributed by atoms with Crippen LogP contribution in [0.3, 0.4) is 0 Å². The van der Waals surface area contributed by atoms with Gasteiger partial charge in [-0.15, -0.1) is 0 Å². The SMILES string of the molecule is CC(=O)OC[C@H]1O[C@@H](O[C@@H]2[C@](O)(C(=O)c3ccccc3)[C@H](O)O[C@@H]3C(O)C(c4ccccc4)[C@]32O)[C@H](N2C(=O)c3ccccc3C2=O)[C@@H](OC(C)=O)[C@@H]1OC(C)=O. The molecule has 1 saturated carbocycles. The Morgan fingerprint density at radius 1 is 0.737 bits per heavy atom. The smallest absolute Gasteiger partial charge is 0.303 e. The van der Waals surface area contributed by atoms with Gasteiger partial charge < -0.3 is 48.8 Å². The lowest BCUT2D eigenvalue weighted by Gasteiger charge is -2.65. The molecular weight excluding hydrogens is 750 g/mol. The molecule has 4 aliphatic rings. The van der Waals surface area contributed by atoms with Gasteiger partial charge in [0, 0.05) is 32.3 Å². The van der Waals surface area contributed by atoms with Crippen LogP contribution in [0.25, 0.3) is 0 Å². The fraction of sp³-hybridized carbons (Fsp3) is 0.400. The molecule has 1 aliphatic carbocycles. The van der Waals surface area contributed by atoms with Crippen LogP contribution in [-0.2, 0) is 42.8 Å². The number of imide groups is 1. The van der Waals surface area contributed by atoms with Crippen LogP contribution in [0.1, 0.15) is 63.3 Å². The van der Waals surface area contributed by atoms with Crippen LogP contribution < -0.4 is 0 Å². The van der Waals surface area contributed by atoms with Gasteiger partial charge in [-0.1, -0.05) is 72.8 Å². The number of Topliss-reactive ketones (excluding diaryl/α,β-unsaturated/α-hetero) is 1. The molecule has 3 aromatic rings. The van der Waals surface area contributed by atoms with Crippen LogP contribution >= 0.6 is 0 Å². The average Bonchev–Trinajstić information content (AvgIpc) is 3.43. The maximum Gasteiger partial charge on any atom is 0.303 e. The Hall–Kier alpha value is -5.40. The number of hydrogen-bond donors (Lipinski definition) is 4. The van der Waals surface area contributed by atoms with Gasteiger partial charge in [0.1, 0.15) is 36.6 Å². The van der Waals surface area contributed by atoms with E-state index < -0.39 is 114 Å². The van der Waals surface area contributed by atoms with Crippen molar-refractivity contribution in [2.75, 3.05) is 6.61 Å². The maximum absolute atomic E-state index is 14.5. The molecule has 300 valence electrons. The van der Waals surface area contributed by atoms with Gasteiger partial charge in [0.2, 0.25) is 11.4 Å². The van der Waals surface area contributed by atoms with Crippen molar-refractivity contribution >= 4 is 35.5 Å². The summed E-state index contributed by atoms with van der Waals surface area (Å²) in [6.07, 6.45) is -15.4. The molecule has 17 heteroatoms. The van der Waals surface area contributed by atoms with Crippen molar-refractivity contribution in [1.82, 2.24) is 4.90 Å². The van der Waals surface area contributed by atoms with Crippen molar-refractivity contribution in [1.29, 1.82) is 0 Å². The zero-order valence-corrected chi connectivity index (χ0v) is 30.7. The normalized spacial score (nSPS) is 34.3. The Labute approximate surface area is 324 Å². The average molecular weight is 790 g/mol. The predicted molar refractivity (Wildman–Crippen MR) is 189 cm³/mol. The first-order chi connectivity index (χ1) is 27.1. The molecule has 4 N–H and O–H groups in total. The molecule has 0 spiro atoms. The van der Waals surface area contributed by atoms with Crippen LogP contribution in [0.5, 0.6) is 0 Å². The minimum absolute atomic E-state index is 0.0731. The molecule has 0 aromatic heterocycles. The third kappa shape index (κ3) is 6.60. The molecule has 2 amide bonds. The summed E-state index contributed by atoms with van der Waals surface area (Å²) in [7, 11) is 0. The Balaban J connectivity index is 1.43. The number of carbonyl (C=O) groups is 6. The lowest BCUT2D eigenvalue weighted by molar-refractivity contribution is -0.421. The van der Waals surface area contributed by atoms with Gasteiger partial charge in [-0.3, -0.25) is 33.7 Å². The van der Waals surface area contributed by atoms with Crippen molar-refractivity contribution in [3.8, 4) is 0 Å². The van der Waals surface area contributed by atoms with E-state index in [1.807, 2.05) is 0 Å². The first kappa shape index (κ1) is 39.8. The standard InChI is InChI=1S/C40H39NO16/c1-19(42)52-18-26-30(53-20(2)43)31(54-21(3)44)28(41-34(47)24-16-10-11-17-25(24)35(41)48)36(55-26)57-37-39(50)27(22-12-6-4-7-13-22)29(45)33(39)56-38(49)40(37,51)32(46)23-14-8-5-9-15-23/h4-17,26-31,33,36-38,45,49-51H,18H2,1-3H3/t26-,27?,28-,29?,30-,31-,33-,36+,37+,38-,39+,40-/m1/s1. The third-order valence-corrected chi connectivity index (χ3v) is 10.7. The molecule has 3 aliphatic heterocycles. The van der Waals surface area contributed by atoms with E-state index in [2.05, 4.69) is 0 Å². The molecular formula is C40H39NO16. The summed E-state index contributed by atoms with van der Waals surface area (Å²) in [5.41, 5.74) is -5.84. The van der Waals surface area contributed by atoms with Gasteiger partial charge in [-0.2, -0.15) is 0 Å². The Morgan fingerprint density at radius 3 is 1.84 bits per heavy atom. The van der Waals surface area contributed by atoms with Gasteiger partial charge in [0.05, 0.1) is 17.2 Å². The second kappa shape index (κ2) is 15.2. The lowest BCUT2D eigenvalue weighted by Crippen LogP contribution is -2.85. The number of esters is 3. The van der Waals surface area contributed by atoms with E-state index in [-0.39, 0.29) is 16.7 Å². The van der Waals surface area contributed by atoms with Crippen LogP contribution in [0.4, 0.5) is 0 Å². The number of benzene rings is 3. The number of aliphatic hydroxyl groups excluding tert-OH is 2. The van der Waals surface area contributed by atoms with Gasteiger partial charge >= 0.3 is 17.9 Å².